The average molecular weight is 209 g/mol. The van der Waals surface area contributed by atoms with E-state index in [1.807, 2.05) is 0 Å². The van der Waals surface area contributed by atoms with Crippen LogP contribution in [-0.2, 0) is 12.0 Å². The molecule has 0 spiro atoms. The lowest BCUT2D eigenvalue weighted by atomic mass is 9.90. The van der Waals surface area contributed by atoms with Gasteiger partial charge in [-0.25, -0.2) is 4.39 Å². The van der Waals surface area contributed by atoms with Crippen LogP contribution in [-0.4, -0.2) is 6.61 Å². The van der Waals surface area contributed by atoms with Gasteiger partial charge in [-0.05, 0) is 38.3 Å². The van der Waals surface area contributed by atoms with Crippen LogP contribution in [0.1, 0.15) is 31.4 Å². The Kier molecular flexibility index (Phi) is 2.43. The van der Waals surface area contributed by atoms with E-state index in [0.717, 1.165) is 18.4 Å². The van der Waals surface area contributed by atoms with Crippen molar-refractivity contribution >= 4 is 0 Å². The molecule has 3 heteroatoms. The molecule has 0 radical (unpaired) electrons. The van der Waals surface area contributed by atoms with Gasteiger partial charge in [0.15, 0.2) is 0 Å². The largest absolute Gasteiger partial charge is 0.493 e. The highest BCUT2D eigenvalue weighted by molar-refractivity contribution is 5.46. The quantitative estimate of drug-likeness (QED) is 0.770. The lowest BCUT2D eigenvalue weighted by Crippen LogP contribution is -2.31. The molecular weight excluding hydrogens is 193 g/mol. The summed E-state index contributed by atoms with van der Waals surface area (Å²) in [6.45, 7) is 4.24. The number of rotatable bonds is 1. The number of hydrogen-bond donors (Lipinski definition) is 1. The van der Waals surface area contributed by atoms with E-state index in [-0.39, 0.29) is 5.82 Å². The molecule has 1 aromatic rings. The molecule has 2 N–H and O–H groups in total. The summed E-state index contributed by atoms with van der Waals surface area (Å²) in [5.41, 5.74) is 6.83. The van der Waals surface area contributed by atoms with Gasteiger partial charge in [-0.3, -0.25) is 0 Å². The Balaban J connectivity index is 2.60. The van der Waals surface area contributed by atoms with Gasteiger partial charge in [-0.15, -0.1) is 0 Å². The van der Waals surface area contributed by atoms with Crippen molar-refractivity contribution in [3.63, 3.8) is 0 Å². The van der Waals surface area contributed by atoms with Crippen LogP contribution in [0.3, 0.4) is 0 Å². The summed E-state index contributed by atoms with van der Waals surface area (Å²) in [6, 6.07) is 3.27. The van der Waals surface area contributed by atoms with E-state index in [2.05, 4.69) is 0 Å². The molecule has 0 aromatic heterocycles. The van der Waals surface area contributed by atoms with Crippen molar-refractivity contribution < 1.29 is 9.13 Å². The van der Waals surface area contributed by atoms with Gasteiger partial charge in [-0.2, -0.15) is 0 Å². The SMILES string of the molecule is CC(C)(N)c1c(F)ccc2c1OCCC2. The summed E-state index contributed by atoms with van der Waals surface area (Å²) in [6.07, 6.45) is 1.93. The summed E-state index contributed by atoms with van der Waals surface area (Å²) in [5.74, 6) is 0.386. The van der Waals surface area contributed by atoms with Crippen LogP contribution in [0.15, 0.2) is 12.1 Å². The Morgan fingerprint density at radius 3 is 2.80 bits per heavy atom. The Hall–Kier alpha value is -1.09. The lowest BCUT2D eigenvalue weighted by Gasteiger charge is -2.27. The maximum absolute atomic E-state index is 13.7. The minimum Gasteiger partial charge on any atom is -0.493 e. The molecule has 2 rings (SSSR count). The standard InChI is InChI=1S/C12H16FNO/c1-12(2,14)10-9(13)6-5-8-4-3-7-15-11(8)10/h5-6H,3-4,7,14H2,1-2H3. The zero-order chi connectivity index (χ0) is 11.1. The molecular formula is C12H16FNO. The predicted octanol–water partition coefficient (Wildman–Crippen LogP) is 2.34. The number of hydrogen-bond acceptors (Lipinski definition) is 2. The van der Waals surface area contributed by atoms with E-state index < -0.39 is 5.54 Å². The van der Waals surface area contributed by atoms with Crippen LogP contribution in [0.5, 0.6) is 5.75 Å². The molecule has 0 fully saturated rings. The number of benzene rings is 1. The maximum atomic E-state index is 13.7. The summed E-state index contributed by atoms with van der Waals surface area (Å²) in [4.78, 5) is 0. The number of aryl methyl sites for hydroxylation is 1. The van der Waals surface area contributed by atoms with Crippen molar-refractivity contribution in [1.29, 1.82) is 0 Å². The first kappa shape index (κ1) is 10.4. The summed E-state index contributed by atoms with van der Waals surface area (Å²) in [5, 5.41) is 0. The highest BCUT2D eigenvalue weighted by atomic mass is 19.1. The smallest absolute Gasteiger partial charge is 0.131 e. The van der Waals surface area contributed by atoms with Gasteiger partial charge in [0.25, 0.3) is 0 Å². The molecule has 0 bridgehead atoms. The Morgan fingerprint density at radius 1 is 1.40 bits per heavy atom. The van der Waals surface area contributed by atoms with E-state index in [1.54, 1.807) is 19.9 Å². The van der Waals surface area contributed by atoms with E-state index >= 15 is 0 Å². The predicted molar refractivity (Wildman–Crippen MR) is 57.4 cm³/mol. The molecule has 2 nitrogen and oxygen atoms in total. The first-order valence-corrected chi connectivity index (χ1v) is 5.23. The summed E-state index contributed by atoms with van der Waals surface area (Å²) < 4.78 is 19.3. The van der Waals surface area contributed by atoms with Crippen LogP contribution in [0.4, 0.5) is 4.39 Å². The Morgan fingerprint density at radius 2 is 2.13 bits per heavy atom. The molecule has 0 aliphatic carbocycles. The van der Waals surface area contributed by atoms with Crippen molar-refractivity contribution in [3.05, 3.63) is 29.1 Å². The molecule has 1 aliphatic rings. The van der Waals surface area contributed by atoms with E-state index in [4.69, 9.17) is 10.5 Å². The van der Waals surface area contributed by atoms with Crippen LogP contribution in [0.25, 0.3) is 0 Å². The second-order valence-electron chi connectivity index (χ2n) is 4.58. The zero-order valence-electron chi connectivity index (χ0n) is 9.14. The monoisotopic (exact) mass is 209 g/mol. The fraction of sp³-hybridized carbons (Fsp3) is 0.500. The van der Waals surface area contributed by atoms with Gasteiger partial charge in [0.2, 0.25) is 0 Å². The molecule has 0 unspecified atom stereocenters. The molecule has 0 saturated heterocycles. The van der Waals surface area contributed by atoms with Crippen molar-refractivity contribution in [2.24, 2.45) is 5.73 Å². The summed E-state index contributed by atoms with van der Waals surface area (Å²) >= 11 is 0. The van der Waals surface area contributed by atoms with Gasteiger partial charge in [0, 0.05) is 11.1 Å². The highest BCUT2D eigenvalue weighted by Crippen LogP contribution is 2.36. The van der Waals surface area contributed by atoms with Crippen molar-refractivity contribution in [3.8, 4) is 5.75 Å². The Bertz CT molecular complexity index is 382. The minimum atomic E-state index is -0.702. The van der Waals surface area contributed by atoms with Crippen LogP contribution in [0.2, 0.25) is 0 Å². The molecule has 0 amide bonds. The van der Waals surface area contributed by atoms with E-state index in [9.17, 15) is 4.39 Å². The maximum Gasteiger partial charge on any atom is 0.131 e. The first-order chi connectivity index (χ1) is 7.00. The topological polar surface area (TPSA) is 35.2 Å². The number of nitrogens with two attached hydrogens (primary N) is 1. The number of halogens is 1. The van der Waals surface area contributed by atoms with Gasteiger partial charge >= 0.3 is 0 Å². The molecule has 0 saturated carbocycles. The first-order valence-electron chi connectivity index (χ1n) is 5.23. The van der Waals surface area contributed by atoms with Crippen molar-refractivity contribution in [2.45, 2.75) is 32.2 Å². The Labute approximate surface area is 89.2 Å². The molecule has 0 atom stereocenters. The van der Waals surface area contributed by atoms with Gasteiger partial charge in [0.1, 0.15) is 11.6 Å². The fourth-order valence-corrected chi connectivity index (χ4v) is 2.00. The second kappa shape index (κ2) is 3.49. The zero-order valence-corrected chi connectivity index (χ0v) is 9.14. The number of fused-ring (bicyclic) bond motifs is 1. The van der Waals surface area contributed by atoms with Crippen LogP contribution >= 0.6 is 0 Å². The minimum absolute atomic E-state index is 0.275. The molecule has 82 valence electrons. The van der Waals surface area contributed by atoms with Crippen LogP contribution < -0.4 is 10.5 Å². The second-order valence-corrected chi connectivity index (χ2v) is 4.58. The molecule has 1 aliphatic heterocycles. The van der Waals surface area contributed by atoms with E-state index in [1.165, 1.54) is 6.07 Å². The molecule has 15 heavy (non-hydrogen) atoms. The van der Waals surface area contributed by atoms with Crippen molar-refractivity contribution in [2.75, 3.05) is 6.61 Å². The van der Waals surface area contributed by atoms with Gasteiger partial charge < -0.3 is 10.5 Å². The lowest BCUT2D eigenvalue weighted by molar-refractivity contribution is 0.276. The van der Waals surface area contributed by atoms with Gasteiger partial charge in [0.05, 0.1) is 6.61 Å². The van der Waals surface area contributed by atoms with Gasteiger partial charge in [-0.1, -0.05) is 6.07 Å². The number of ether oxygens (including phenoxy) is 1. The fourth-order valence-electron chi connectivity index (χ4n) is 2.00. The summed E-state index contributed by atoms with van der Waals surface area (Å²) in [7, 11) is 0. The third kappa shape index (κ3) is 1.84. The average Bonchev–Trinajstić information content (AvgIpc) is 2.15. The third-order valence-electron chi connectivity index (χ3n) is 2.67. The molecule has 1 aromatic carbocycles. The van der Waals surface area contributed by atoms with E-state index in [0.29, 0.717) is 17.9 Å². The normalized spacial score (nSPS) is 15.7. The van der Waals surface area contributed by atoms with Crippen molar-refractivity contribution in [1.82, 2.24) is 0 Å². The molecule has 1 heterocycles. The highest BCUT2D eigenvalue weighted by Gasteiger charge is 2.27. The van der Waals surface area contributed by atoms with Crippen LogP contribution in [0, 0.1) is 5.82 Å². The third-order valence-corrected chi connectivity index (χ3v) is 2.67.